The Morgan fingerprint density at radius 2 is 1.43 bits per heavy atom. The zero-order chi connectivity index (χ0) is 31.9. The van der Waals surface area contributed by atoms with E-state index in [9.17, 15) is 18.0 Å². The molecule has 9 heteroatoms. The number of nitrogens with one attached hydrogen (secondary N) is 1. The molecule has 0 unspecified atom stereocenters. The molecule has 0 saturated heterocycles. The first kappa shape index (κ1) is 32.8. The molecule has 0 saturated carbocycles. The average Bonchev–Trinajstić information content (AvgIpc) is 2.98. The number of halogens is 1. The van der Waals surface area contributed by atoms with Gasteiger partial charge in [0.25, 0.3) is 10.0 Å². The zero-order valence-electron chi connectivity index (χ0n) is 25.4. The summed E-state index contributed by atoms with van der Waals surface area (Å²) in [6.45, 7) is 7.19. The maximum absolute atomic E-state index is 14.5. The van der Waals surface area contributed by atoms with Gasteiger partial charge in [-0.3, -0.25) is 13.9 Å². The van der Waals surface area contributed by atoms with E-state index in [1.54, 1.807) is 24.3 Å². The maximum Gasteiger partial charge on any atom is 0.264 e. The van der Waals surface area contributed by atoms with Crippen molar-refractivity contribution in [3.63, 3.8) is 0 Å². The van der Waals surface area contributed by atoms with Gasteiger partial charge in [0.2, 0.25) is 11.8 Å². The molecule has 1 N–H and O–H groups in total. The van der Waals surface area contributed by atoms with Crippen molar-refractivity contribution in [1.82, 2.24) is 10.2 Å². The number of benzene rings is 4. The predicted octanol–water partition coefficient (Wildman–Crippen LogP) is 6.32. The van der Waals surface area contributed by atoms with Crippen molar-refractivity contribution in [2.24, 2.45) is 0 Å². The smallest absolute Gasteiger partial charge is 0.264 e. The summed E-state index contributed by atoms with van der Waals surface area (Å²) < 4.78 is 29.2. The molecule has 4 rings (SSSR count). The lowest BCUT2D eigenvalue weighted by Gasteiger charge is -2.34. The van der Waals surface area contributed by atoms with Crippen molar-refractivity contribution >= 4 is 39.1 Å². The van der Waals surface area contributed by atoms with Gasteiger partial charge in [-0.2, -0.15) is 0 Å². The third-order valence-corrected chi connectivity index (χ3v) is 9.18. The van der Waals surface area contributed by atoms with Crippen LogP contribution in [0, 0.1) is 13.8 Å². The number of nitrogens with zero attached hydrogens (tertiary/aromatic N) is 2. The van der Waals surface area contributed by atoms with Gasteiger partial charge >= 0.3 is 0 Å². The van der Waals surface area contributed by atoms with Crippen molar-refractivity contribution in [3.8, 4) is 0 Å². The highest BCUT2D eigenvalue weighted by Crippen LogP contribution is 2.26. The van der Waals surface area contributed by atoms with Gasteiger partial charge in [0.15, 0.2) is 0 Å². The number of carbonyl (C=O) groups is 2. The minimum atomic E-state index is -4.19. The lowest BCUT2D eigenvalue weighted by Crippen LogP contribution is -2.54. The van der Waals surface area contributed by atoms with Gasteiger partial charge in [-0.05, 0) is 75.2 Å². The van der Waals surface area contributed by atoms with Crippen LogP contribution in [0.1, 0.15) is 36.1 Å². The maximum atomic E-state index is 14.5. The molecule has 230 valence electrons. The van der Waals surface area contributed by atoms with E-state index in [4.69, 9.17) is 11.6 Å². The highest BCUT2D eigenvalue weighted by atomic mass is 35.5. The number of sulfonamides is 1. The van der Waals surface area contributed by atoms with Crippen LogP contribution in [0.15, 0.2) is 108 Å². The van der Waals surface area contributed by atoms with Crippen molar-refractivity contribution in [2.45, 2.75) is 57.6 Å². The fourth-order valence-corrected chi connectivity index (χ4v) is 6.46. The summed E-state index contributed by atoms with van der Waals surface area (Å²) in [5.41, 5.74) is 3.99. The number of hydrogen-bond acceptors (Lipinski definition) is 4. The van der Waals surface area contributed by atoms with Gasteiger partial charge in [0.05, 0.1) is 10.6 Å². The van der Waals surface area contributed by atoms with Crippen molar-refractivity contribution in [3.05, 3.63) is 130 Å². The third kappa shape index (κ3) is 8.49. The Morgan fingerprint density at radius 3 is 2.05 bits per heavy atom. The molecule has 0 aromatic heterocycles. The standard InChI is InChI=1S/C35H38ClN3O4S/c1-25(2)37-35(41)33(22-28-10-6-5-7-11-28)38(23-29-12-8-9-27(4)21-29)34(40)24-39(31-17-13-26(3)14-18-31)44(42,43)32-19-15-30(36)16-20-32/h5-21,25,33H,22-24H2,1-4H3,(H,37,41)/t33-/m1/s1. The van der Waals surface area contributed by atoms with E-state index in [0.717, 1.165) is 26.6 Å². The SMILES string of the molecule is Cc1ccc(N(CC(=O)N(Cc2cccc(C)c2)[C@H](Cc2ccccc2)C(=O)NC(C)C)S(=O)(=O)c2ccc(Cl)cc2)cc1. The summed E-state index contributed by atoms with van der Waals surface area (Å²) in [7, 11) is -4.19. The Labute approximate surface area is 265 Å². The molecule has 0 fully saturated rings. The van der Waals surface area contributed by atoms with Crippen LogP contribution in [0.5, 0.6) is 0 Å². The Bertz CT molecular complexity index is 1680. The van der Waals surface area contributed by atoms with Crippen molar-refractivity contribution in [2.75, 3.05) is 10.8 Å². The summed E-state index contributed by atoms with van der Waals surface area (Å²) in [5, 5.41) is 3.37. The van der Waals surface area contributed by atoms with Gasteiger partial charge in [0, 0.05) is 24.0 Å². The highest BCUT2D eigenvalue weighted by Gasteiger charge is 2.34. The van der Waals surface area contributed by atoms with Crippen molar-refractivity contribution in [1.29, 1.82) is 0 Å². The van der Waals surface area contributed by atoms with Crippen LogP contribution in [-0.4, -0.2) is 43.8 Å². The number of carbonyl (C=O) groups excluding carboxylic acids is 2. The van der Waals surface area contributed by atoms with E-state index in [-0.39, 0.29) is 29.8 Å². The highest BCUT2D eigenvalue weighted by molar-refractivity contribution is 7.92. The fraction of sp³-hybridized carbons (Fsp3) is 0.257. The number of anilines is 1. The van der Waals surface area contributed by atoms with E-state index in [1.807, 2.05) is 82.3 Å². The normalized spacial score (nSPS) is 12.0. The lowest BCUT2D eigenvalue weighted by atomic mass is 10.0. The first-order chi connectivity index (χ1) is 20.9. The summed E-state index contributed by atoms with van der Waals surface area (Å²) in [5.74, 6) is -0.822. The number of hydrogen-bond donors (Lipinski definition) is 1. The molecule has 0 radical (unpaired) electrons. The first-order valence-electron chi connectivity index (χ1n) is 14.5. The van der Waals surface area contributed by atoms with Gasteiger partial charge in [-0.15, -0.1) is 0 Å². The van der Waals surface area contributed by atoms with E-state index >= 15 is 0 Å². The monoisotopic (exact) mass is 631 g/mol. The van der Waals surface area contributed by atoms with Crippen molar-refractivity contribution < 1.29 is 18.0 Å². The molecular formula is C35H38ClN3O4S. The second-order valence-corrected chi connectivity index (χ2v) is 13.5. The fourth-order valence-electron chi connectivity index (χ4n) is 4.92. The summed E-state index contributed by atoms with van der Waals surface area (Å²) in [6, 6.07) is 28.9. The first-order valence-corrected chi connectivity index (χ1v) is 16.3. The summed E-state index contributed by atoms with van der Waals surface area (Å²) >= 11 is 6.05. The quantitative estimate of drug-likeness (QED) is 0.198. The molecule has 0 aliphatic carbocycles. The van der Waals surface area contributed by atoms with Crippen LogP contribution in [-0.2, 0) is 32.6 Å². The third-order valence-electron chi connectivity index (χ3n) is 7.14. The number of rotatable bonds is 12. The Balaban J connectivity index is 1.80. The molecule has 4 aromatic carbocycles. The number of amides is 2. The Kier molecular flexibility index (Phi) is 10.8. The van der Waals surface area contributed by atoms with Crippen LogP contribution in [0.4, 0.5) is 5.69 Å². The molecule has 0 aliphatic heterocycles. The molecule has 0 aliphatic rings. The molecule has 4 aromatic rings. The van der Waals surface area contributed by atoms with Gasteiger partial charge < -0.3 is 10.2 Å². The van der Waals surface area contributed by atoms with E-state index in [1.165, 1.54) is 29.2 Å². The summed E-state index contributed by atoms with van der Waals surface area (Å²) in [6.07, 6.45) is 0.255. The van der Waals surface area contributed by atoms with Gasteiger partial charge in [-0.1, -0.05) is 89.5 Å². The minimum absolute atomic E-state index is 0.00102. The zero-order valence-corrected chi connectivity index (χ0v) is 27.0. The predicted molar refractivity (Wildman–Crippen MR) is 176 cm³/mol. The minimum Gasteiger partial charge on any atom is -0.352 e. The Hall–Kier alpha value is -4.14. The molecular weight excluding hydrogens is 594 g/mol. The molecule has 0 heterocycles. The van der Waals surface area contributed by atoms with E-state index in [0.29, 0.717) is 10.7 Å². The molecule has 2 amide bonds. The second-order valence-electron chi connectivity index (χ2n) is 11.2. The van der Waals surface area contributed by atoms with Crippen LogP contribution in [0.3, 0.4) is 0 Å². The largest absolute Gasteiger partial charge is 0.352 e. The lowest BCUT2D eigenvalue weighted by molar-refractivity contribution is -0.140. The van der Waals surface area contributed by atoms with Crippen LogP contribution in [0.25, 0.3) is 0 Å². The summed E-state index contributed by atoms with van der Waals surface area (Å²) in [4.78, 5) is 29.7. The molecule has 1 atom stereocenters. The van der Waals surface area contributed by atoms with E-state index < -0.39 is 28.5 Å². The molecule has 7 nitrogen and oxygen atoms in total. The number of aryl methyl sites for hydroxylation is 2. The van der Waals surface area contributed by atoms with E-state index in [2.05, 4.69) is 5.32 Å². The molecule has 44 heavy (non-hydrogen) atoms. The van der Waals surface area contributed by atoms with Crippen LogP contribution in [0.2, 0.25) is 5.02 Å². The van der Waals surface area contributed by atoms with Gasteiger partial charge in [-0.25, -0.2) is 8.42 Å². The van der Waals surface area contributed by atoms with Gasteiger partial charge in [0.1, 0.15) is 12.6 Å². The average molecular weight is 632 g/mol. The topological polar surface area (TPSA) is 86.8 Å². The second kappa shape index (κ2) is 14.6. The Morgan fingerprint density at radius 1 is 0.795 bits per heavy atom. The molecule has 0 bridgehead atoms. The van der Waals surface area contributed by atoms with Crippen LogP contribution >= 0.6 is 11.6 Å². The molecule has 0 spiro atoms. The van der Waals surface area contributed by atoms with Crippen LogP contribution < -0.4 is 9.62 Å².